The third-order valence-corrected chi connectivity index (χ3v) is 4.69. The van der Waals surface area contributed by atoms with Crippen molar-refractivity contribution in [3.63, 3.8) is 0 Å². The van der Waals surface area contributed by atoms with E-state index in [0.717, 1.165) is 36.2 Å². The molecule has 0 radical (unpaired) electrons. The Morgan fingerprint density at radius 3 is 2.24 bits per heavy atom. The van der Waals surface area contributed by atoms with Crippen LogP contribution in [-0.2, 0) is 17.4 Å². The Morgan fingerprint density at radius 2 is 1.62 bits per heavy atom. The van der Waals surface area contributed by atoms with Crippen molar-refractivity contribution in [2.45, 2.75) is 32.9 Å². The first-order valence-electron chi connectivity index (χ1n) is 9.34. The molecule has 3 rings (SSSR count). The predicted molar refractivity (Wildman–Crippen MR) is 106 cm³/mol. The van der Waals surface area contributed by atoms with E-state index >= 15 is 0 Å². The molecule has 0 saturated heterocycles. The van der Waals surface area contributed by atoms with Crippen molar-refractivity contribution in [3.05, 3.63) is 53.6 Å². The van der Waals surface area contributed by atoms with Crippen LogP contribution >= 0.6 is 0 Å². The number of amides is 3. The van der Waals surface area contributed by atoms with E-state index in [9.17, 15) is 22.8 Å². The highest BCUT2D eigenvalue weighted by Gasteiger charge is 2.30. The van der Waals surface area contributed by atoms with Crippen molar-refractivity contribution in [2.24, 2.45) is 5.92 Å². The van der Waals surface area contributed by atoms with Crippen molar-refractivity contribution < 1.29 is 22.8 Å². The van der Waals surface area contributed by atoms with Crippen LogP contribution in [0.3, 0.4) is 0 Å². The van der Waals surface area contributed by atoms with Crippen LogP contribution in [0.4, 0.5) is 35.0 Å². The van der Waals surface area contributed by atoms with Crippen LogP contribution in [0.5, 0.6) is 0 Å². The van der Waals surface area contributed by atoms with Crippen molar-refractivity contribution in [1.29, 1.82) is 0 Å². The monoisotopic (exact) mass is 405 g/mol. The smallest absolute Gasteiger partial charge is 0.312 e. The second-order valence-corrected chi connectivity index (χ2v) is 7.25. The number of halogens is 3. The van der Waals surface area contributed by atoms with Crippen molar-refractivity contribution in [1.82, 2.24) is 0 Å². The number of urea groups is 1. The summed E-state index contributed by atoms with van der Waals surface area (Å²) >= 11 is 0. The van der Waals surface area contributed by atoms with E-state index in [1.807, 2.05) is 26.0 Å². The quantitative estimate of drug-likeness (QED) is 0.729. The number of nitrogens with one attached hydrogen (secondary N) is 2. The van der Waals surface area contributed by atoms with E-state index in [1.165, 1.54) is 12.1 Å². The minimum absolute atomic E-state index is 0.0618. The molecule has 3 amide bonds. The maximum atomic E-state index is 12.6. The lowest BCUT2D eigenvalue weighted by molar-refractivity contribution is -0.137. The van der Waals surface area contributed by atoms with Crippen molar-refractivity contribution >= 4 is 29.0 Å². The van der Waals surface area contributed by atoms with E-state index in [-0.39, 0.29) is 17.5 Å². The van der Waals surface area contributed by atoms with Crippen LogP contribution in [0.2, 0.25) is 0 Å². The molecule has 0 saturated carbocycles. The average Bonchev–Trinajstić information content (AvgIpc) is 2.66. The van der Waals surface area contributed by atoms with Crippen LogP contribution in [0.1, 0.15) is 31.4 Å². The number of hydrogen-bond donors (Lipinski definition) is 2. The van der Waals surface area contributed by atoms with Gasteiger partial charge in [-0.3, -0.25) is 4.79 Å². The molecule has 2 N–H and O–H groups in total. The maximum Gasteiger partial charge on any atom is 0.416 e. The number of fused-ring (bicyclic) bond motifs is 1. The largest absolute Gasteiger partial charge is 0.416 e. The molecular formula is C21H22F3N3O2. The number of carbonyl (C=O) groups excluding carboxylic acids is 2. The molecule has 1 aliphatic rings. The van der Waals surface area contributed by atoms with E-state index in [0.29, 0.717) is 12.2 Å². The molecule has 0 aliphatic carbocycles. The third kappa shape index (κ3) is 4.88. The van der Waals surface area contributed by atoms with Gasteiger partial charge in [0.25, 0.3) is 0 Å². The molecule has 1 aliphatic heterocycles. The summed E-state index contributed by atoms with van der Waals surface area (Å²) in [4.78, 5) is 26.3. The van der Waals surface area contributed by atoms with E-state index in [4.69, 9.17) is 0 Å². The molecule has 1 heterocycles. The highest BCUT2D eigenvalue weighted by atomic mass is 19.4. The van der Waals surface area contributed by atoms with E-state index in [1.54, 1.807) is 11.0 Å². The van der Waals surface area contributed by atoms with E-state index in [2.05, 4.69) is 10.6 Å². The molecule has 0 spiro atoms. The number of anilines is 3. The zero-order valence-electron chi connectivity index (χ0n) is 16.1. The molecule has 0 aromatic heterocycles. The molecule has 0 unspecified atom stereocenters. The van der Waals surface area contributed by atoms with Gasteiger partial charge in [-0.1, -0.05) is 13.8 Å². The van der Waals surface area contributed by atoms with Gasteiger partial charge in [-0.25, -0.2) is 4.79 Å². The third-order valence-electron chi connectivity index (χ3n) is 4.69. The Bertz CT molecular complexity index is 908. The Labute approximate surface area is 166 Å². The predicted octanol–water partition coefficient (Wildman–Crippen LogP) is 5.28. The molecule has 5 nitrogen and oxygen atoms in total. The van der Waals surface area contributed by atoms with Gasteiger partial charge in [-0.2, -0.15) is 13.2 Å². The number of hydrogen-bond acceptors (Lipinski definition) is 2. The summed E-state index contributed by atoms with van der Waals surface area (Å²) in [5.74, 6) is -0.0417. The van der Waals surface area contributed by atoms with Crippen LogP contribution in [-0.4, -0.2) is 18.5 Å². The number of aryl methyl sites for hydroxylation is 1. The van der Waals surface area contributed by atoms with Gasteiger partial charge >= 0.3 is 12.2 Å². The van der Waals surface area contributed by atoms with Crippen LogP contribution < -0.4 is 15.5 Å². The first-order chi connectivity index (χ1) is 13.6. The fourth-order valence-corrected chi connectivity index (χ4v) is 3.25. The minimum atomic E-state index is -4.42. The number of nitrogens with zero attached hydrogens (tertiary/aromatic N) is 1. The van der Waals surface area contributed by atoms with Gasteiger partial charge in [-0.15, -0.1) is 0 Å². The normalized spacial score (nSPS) is 13.8. The van der Waals surface area contributed by atoms with Crippen LogP contribution in [0, 0.1) is 5.92 Å². The number of benzene rings is 2. The molecule has 2 aromatic carbocycles. The first kappa shape index (κ1) is 20.7. The second kappa shape index (κ2) is 8.14. The number of carbonyl (C=O) groups is 2. The molecule has 8 heteroatoms. The van der Waals surface area contributed by atoms with Gasteiger partial charge < -0.3 is 15.5 Å². The summed E-state index contributed by atoms with van der Waals surface area (Å²) < 4.78 is 37.8. The van der Waals surface area contributed by atoms with Gasteiger partial charge in [0.2, 0.25) is 5.91 Å². The summed E-state index contributed by atoms with van der Waals surface area (Å²) in [5.41, 5.74) is 1.84. The van der Waals surface area contributed by atoms with Gasteiger partial charge in [0.1, 0.15) is 0 Å². The van der Waals surface area contributed by atoms with Gasteiger partial charge in [0.15, 0.2) is 0 Å². The number of alkyl halides is 3. The zero-order valence-corrected chi connectivity index (χ0v) is 16.1. The highest BCUT2D eigenvalue weighted by Crippen LogP contribution is 2.31. The van der Waals surface area contributed by atoms with Gasteiger partial charge in [0, 0.05) is 29.5 Å². The van der Waals surface area contributed by atoms with E-state index < -0.39 is 17.8 Å². The second-order valence-electron chi connectivity index (χ2n) is 7.25. The van der Waals surface area contributed by atoms with Crippen LogP contribution in [0.15, 0.2) is 42.5 Å². The highest BCUT2D eigenvalue weighted by molar-refractivity contribution is 6.00. The van der Waals surface area contributed by atoms with Crippen molar-refractivity contribution in [2.75, 3.05) is 22.1 Å². The minimum Gasteiger partial charge on any atom is -0.312 e. The van der Waals surface area contributed by atoms with Crippen molar-refractivity contribution in [3.8, 4) is 0 Å². The lowest BCUT2D eigenvalue weighted by atomic mass is 9.99. The first-order valence-corrected chi connectivity index (χ1v) is 9.34. The topological polar surface area (TPSA) is 61.4 Å². The Morgan fingerprint density at radius 1 is 1.00 bits per heavy atom. The molecule has 0 bridgehead atoms. The standard InChI is InChI=1S/C21H22F3N3O2/c1-13(2)19(28)27-11-3-4-14-12-17(9-10-18(14)27)26-20(29)25-16-7-5-15(6-8-16)21(22,23)24/h5-10,12-13H,3-4,11H2,1-2H3,(H2,25,26,29). The molecule has 0 atom stereocenters. The molecule has 2 aromatic rings. The SMILES string of the molecule is CC(C)C(=O)N1CCCc2cc(NC(=O)Nc3ccc(C(F)(F)F)cc3)ccc21. The molecule has 29 heavy (non-hydrogen) atoms. The Balaban J connectivity index is 1.68. The van der Waals surface area contributed by atoms with Gasteiger partial charge in [0.05, 0.1) is 5.56 Å². The fourth-order valence-electron chi connectivity index (χ4n) is 3.25. The molecule has 154 valence electrons. The Kier molecular flexibility index (Phi) is 5.81. The fraction of sp³-hybridized carbons (Fsp3) is 0.333. The van der Waals surface area contributed by atoms with Gasteiger partial charge in [-0.05, 0) is 60.9 Å². The zero-order chi connectivity index (χ0) is 21.2. The molecule has 0 fully saturated rings. The number of rotatable bonds is 3. The van der Waals surface area contributed by atoms with Crippen LogP contribution in [0.25, 0.3) is 0 Å². The Hall–Kier alpha value is -3.03. The summed E-state index contributed by atoms with van der Waals surface area (Å²) in [6.45, 7) is 4.39. The summed E-state index contributed by atoms with van der Waals surface area (Å²) in [5, 5.41) is 5.19. The lowest BCUT2D eigenvalue weighted by Gasteiger charge is -2.31. The summed E-state index contributed by atoms with van der Waals surface area (Å²) in [7, 11) is 0. The average molecular weight is 405 g/mol. The maximum absolute atomic E-state index is 12.6. The summed E-state index contributed by atoms with van der Waals surface area (Å²) in [6.07, 6.45) is -2.78. The lowest BCUT2D eigenvalue weighted by Crippen LogP contribution is -2.38. The summed E-state index contributed by atoms with van der Waals surface area (Å²) in [6, 6.07) is 9.00. The molecular weight excluding hydrogens is 383 g/mol.